The SMILES string of the molecule is CCCS(=O)(=O)c1c(N)nsc1NCC(C)COC. The van der Waals surface area contributed by atoms with Gasteiger partial charge < -0.3 is 15.8 Å². The lowest BCUT2D eigenvalue weighted by molar-refractivity contribution is 0.164. The van der Waals surface area contributed by atoms with E-state index in [4.69, 9.17) is 10.5 Å². The number of methoxy groups -OCH3 is 1. The summed E-state index contributed by atoms with van der Waals surface area (Å²) >= 11 is 1.08. The number of aromatic nitrogens is 1. The molecule has 0 aliphatic heterocycles. The molecule has 0 fully saturated rings. The number of anilines is 2. The van der Waals surface area contributed by atoms with E-state index in [1.54, 1.807) is 7.11 Å². The van der Waals surface area contributed by atoms with E-state index in [0.717, 1.165) is 11.5 Å². The van der Waals surface area contributed by atoms with E-state index < -0.39 is 9.84 Å². The van der Waals surface area contributed by atoms with Crippen molar-refractivity contribution >= 4 is 32.2 Å². The molecule has 0 bridgehead atoms. The van der Waals surface area contributed by atoms with Gasteiger partial charge in [0, 0.05) is 13.7 Å². The van der Waals surface area contributed by atoms with Crippen molar-refractivity contribution in [1.82, 2.24) is 4.37 Å². The Morgan fingerprint density at radius 1 is 1.53 bits per heavy atom. The molecule has 0 aliphatic carbocycles. The van der Waals surface area contributed by atoms with Gasteiger partial charge in [-0.15, -0.1) is 0 Å². The van der Waals surface area contributed by atoms with Crippen LogP contribution in [0.3, 0.4) is 0 Å². The molecule has 8 heteroatoms. The first kappa shape index (κ1) is 16.2. The Kier molecular flexibility index (Phi) is 6.02. The molecule has 1 unspecified atom stereocenters. The van der Waals surface area contributed by atoms with Crippen molar-refractivity contribution in [2.75, 3.05) is 37.1 Å². The Hall–Kier alpha value is -0.860. The van der Waals surface area contributed by atoms with Crippen LogP contribution in [0.5, 0.6) is 0 Å². The minimum absolute atomic E-state index is 0.0813. The van der Waals surface area contributed by atoms with Gasteiger partial charge in [0.1, 0.15) is 9.90 Å². The third-order valence-corrected chi connectivity index (χ3v) is 5.45. The number of nitrogens with two attached hydrogens (primary N) is 1. The third-order valence-electron chi connectivity index (χ3n) is 2.52. The van der Waals surface area contributed by atoms with Gasteiger partial charge in [-0.1, -0.05) is 13.8 Å². The quantitative estimate of drug-likeness (QED) is 0.757. The van der Waals surface area contributed by atoms with Crippen LogP contribution in [0.2, 0.25) is 0 Å². The first-order valence-corrected chi connectivity index (χ1v) is 8.55. The smallest absolute Gasteiger partial charge is 0.185 e. The minimum atomic E-state index is -3.36. The maximum absolute atomic E-state index is 12.1. The average Bonchev–Trinajstić information content (AvgIpc) is 2.69. The summed E-state index contributed by atoms with van der Waals surface area (Å²) in [5, 5.41) is 3.62. The summed E-state index contributed by atoms with van der Waals surface area (Å²) < 4.78 is 33.2. The summed E-state index contributed by atoms with van der Waals surface area (Å²) in [6.45, 7) is 5.06. The number of nitrogens with zero attached hydrogens (tertiary/aromatic N) is 1. The van der Waals surface area contributed by atoms with Crippen LogP contribution in [0.15, 0.2) is 4.90 Å². The number of nitrogen functional groups attached to an aromatic ring is 1. The first-order chi connectivity index (χ1) is 8.92. The zero-order valence-electron chi connectivity index (χ0n) is 11.5. The van der Waals surface area contributed by atoms with Gasteiger partial charge in [0.25, 0.3) is 0 Å². The summed E-state index contributed by atoms with van der Waals surface area (Å²) in [6.07, 6.45) is 0.553. The van der Waals surface area contributed by atoms with Crippen molar-refractivity contribution in [1.29, 1.82) is 0 Å². The van der Waals surface area contributed by atoms with Gasteiger partial charge in [0.15, 0.2) is 15.7 Å². The van der Waals surface area contributed by atoms with Crippen molar-refractivity contribution in [3.63, 3.8) is 0 Å². The lowest BCUT2D eigenvalue weighted by atomic mass is 10.2. The molecule has 1 atom stereocenters. The molecule has 0 aliphatic rings. The molecule has 1 rings (SSSR count). The Morgan fingerprint density at radius 2 is 2.21 bits per heavy atom. The summed E-state index contributed by atoms with van der Waals surface area (Å²) in [4.78, 5) is 0.143. The first-order valence-electron chi connectivity index (χ1n) is 6.13. The molecule has 0 aromatic carbocycles. The highest BCUT2D eigenvalue weighted by molar-refractivity contribution is 7.91. The highest BCUT2D eigenvalue weighted by atomic mass is 32.2. The van der Waals surface area contributed by atoms with Crippen LogP contribution in [0, 0.1) is 5.92 Å². The average molecular weight is 307 g/mol. The summed E-state index contributed by atoms with van der Waals surface area (Å²) in [5.41, 5.74) is 5.68. The van der Waals surface area contributed by atoms with Crippen molar-refractivity contribution in [3.05, 3.63) is 0 Å². The Balaban J connectivity index is 2.86. The van der Waals surface area contributed by atoms with Gasteiger partial charge in [-0.3, -0.25) is 0 Å². The van der Waals surface area contributed by atoms with Crippen molar-refractivity contribution in [3.8, 4) is 0 Å². The summed E-state index contributed by atoms with van der Waals surface area (Å²) in [5.74, 6) is 0.438. The zero-order valence-corrected chi connectivity index (χ0v) is 13.1. The minimum Gasteiger partial charge on any atom is -0.384 e. The zero-order chi connectivity index (χ0) is 14.5. The van der Waals surface area contributed by atoms with Gasteiger partial charge in [-0.2, -0.15) is 4.37 Å². The van der Waals surface area contributed by atoms with E-state index in [1.807, 2.05) is 13.8 Å². The Bertz CT molecular complexity index is 499. The maximum atomic E-state index is 12.1. The number of sulfone groups is 1. The lowest BCUT2D eigenvalue weighted by Gasteiger charge is -2.12. The van der Waals surface area contributed by atoms with E-state index in [1.165, 1.54) is 0 Å². The fourth-order valence-electron chi connectivity index (χ4n) is 1.69. The van der Waals surface area contributed by atoms with Crippen molar-refractivity contribution in [2.45, 2.75) is 25.2 Å². The second-order valence-electron chi connectivity index (χ2n) is 4.49. The van der Waals surface area contributed by atoms with Crippen molar-refractivity contribution < 1.29 is 13.2 Å². The normalized spacial score (nSPS) is 13.4. The lowest BCUT2D eigenvalue weighted by Crippen LogP contribution is -2.17. The highest BCUT2D eigenvalue weighted by Crippen LogP contribution is 2.32. The van der Waals surface area contributed by atoms with Gasteiger partial charge in [-0.25, -0.2) is 8.42 Å². The molecule has 1 heterocycles. The molecule has 19 heavy (non-hydrogen) atoms. The molecule has 0 saturated carbocycles. The molecular weight excluding hydrogens is 286 g/mol. The molecule has 3 N–H and O–H groups in total. The van der Waals surface area contributed by atoms with E-state index in [9.17, 15) is 8.42 Å². The van der Waals surface area contributed by atoms with E-state index in [-0.39, 0.29) is 22.4 Å². The fourth-order valence-corrected chi connectivity index (χ4v) is 4.32. The predicted molar refractivity (Wildman–Crippen MR) is 78.4 cm³/mol. The van der Waals surface area contributed by atoms with Crippen LogP contribution in [-0.4, -0.2) is 38.8 Å². The maximum Gasteiger partial charge on any atom is 0.185 e. The van der Waals surface area contributed by atoms with Crippen LogP contribution >= 0.6 is 11.5 Å². The molecular formula is C11H21N3O3S2. The molecule has 0 amide bonds. The Labute approximate surface area is 118 Å². The number of rotatable bonds is 8. The molecule has 1 aromatic heterocycles. The molecule has 110 valence electrons. The summed E-state index contributed by atoms with van der Waals surface area (Å²) in [6, 6.07) is 0. The topological polar surface area (TPSA) is 94.3 Å². The molecule has 1 aromatic rings. The molecule has 0 spiro atoms. The number of nitrogens with one attached hydrogen (secondary N) is 1. The molecule has 6 nitrogen and oxygen atoms in total. The van der Waals surface area contributed by atoms with Gasteiger partial charge in [-0.05, 0) is 23.9 Å². The number of ether oxygens (including phenoxy) is 1. The highest BCUT2D eigenvalue weighted by Gasteiger charge is 2.24. The predicted octanol–water partition coefficient (Wildman–Crippen LogP) is 1.60. The number of hydrogen-bond donors (Lipinski definition) is 2. The van der Waals surface area contributed by atoms with Gasteiger partial charge in [0.05, 0.1) is 12.4 Å². The van der Waals surface area contributed by atoms with E-state index in [2.05, 4.69) is 9.69 Å². The Morgan fingerprint density at radius 3 is 2.79 bits per heavy atom. The van der Waals surface area contributed by atoms with Crippen molar-refractivity contribution in [2.24, 2.45) is 5.92 Å². The van der Waals surface area contributed by atoms with Crippen LogP contribution in [0.1, 0.15) is 20.3 Å². The van der Waals surface area contributed by atoms with Crippen LogP contribution in [-0.2, 0) is 14.6 Å². The summed E-state index contributed by atoms with van der Waals surface area (Å²) in [7, 11) is -1.72. The van der Waals surface area contributed by atoms with Crippen LogP contribution in [0.25, 0.3) is 0 Å². The largest absolute Gasteiger partial charge is 0.384 e. The van der Waals surface area contributed by atoms with E-state index >= 15 is 0 Å². The fraction of sp³-hybridized carbons (Fsp3) is 0.727. The second kappa shape index (κ2) is 7.06. The third kappa shape index (κ3) is 4.32. The van der Waals surface area contributed by atoms with Gasteiger partial charge >= 0.3 is 0 Å². The van der Waals surface area contributed by atoms with Gasteiger partial charge in [0.2, 0.25) is 0 Å². The number of hydrogen-bond acceptors (Lipinski definition) is 7. The van der Waals surface area contributed by atoms with E-state index in [0.29, 0.717) is 24.6 Å². The molecule has 0 saturated heterocycles. The molecule has 0 radical (unpaired) electrons. The van der Waals surface area contributed by atoms with Crippen LogP contribution < -0.4 is 11.1 Å². The standard InChI is InChI=1S/C11H21N3O3S2/c1-4-5-19(15,16)9-10(12)14-18-11(9)13-6-8(2)7-17-3/h8,13H,4-7H2,1-3H3,(H2,12,14). The second-order valence-corrected chi connectivity index (χ2v) is 7.31. The van der Waals surface area contributed by atoms with Crippen LogP contribution in [0.4, 0.5) is 10.8 Å². The monoisotopic (exact) mass is 307 g/mol.